The van der Waals surface area contributed by atoms with Crippen LogP contribution in [-0.4, -0.2) is 16.8 Å². The molecule has 0 aliphatic heterocycles. The molecule has 1 atom stereocenters. The number of hydrogen-bond donors (Lipinski definition) is 1. The molecule has 3 aromatic rings. The lowest BCUT2D eigenvalue weighted by molar-refractivity contribution is 0.648. The molecule has 0 radical (unpaired) electrons. The summed E-state index contributed by atoms with van der Waals surface area (Å²) in [6.07, 6.45) is 1.07. The molecule has 0 spiro atoms. The van der Waals surface area contributed by atoms with Gasteiger partial charge in [0, 0.05) is 12.4 Å². The summed E-state index contributed by atoms with van der Waals surface area (Å²) in [7, 11) is 3.99. The van der Waals surface area contributed by atoms with Crippen molar-refractivity contribution in [3.8, 4) is 0 Å². The topological polar surface area (TPSA) is 29.9 Å². The van der Waals surface area contributed by atoms with Gasteiger partial charge >= 0.3 is 0 Å². The predicted octanol–water partition coefficient (Wildman–Crippen LogP) is 3.44. The van der Waals surface area contributed by atoms with Crippen LogP contribution in [0.5, 0.6) is 0 Å². The summed E-state index contributed by atoms with van der Waals surface area (Å²) in [5.74, 6) is 0. The van der Waals surface area contributed by atoms with Crippen LogP contribution in [0.25, 0.3) is 10.9 Å². The largest absolute Gasteiger partial charge is 0.308 e. The molecule has 0 amide bonds. The van der Waals surface area contributed by atoms with E-state index in [2.05, 4.69) is 60.8 Å². The lowest BCUT2D eigenvalue weighted by Gasteiger charge is -2.15. The molecule has 0 fully saturated rings. The molecule has 1 N–H and O–H groups in total. The summed E-state index contributed by atoms with van der Waals surface area (Å²) in [5, 5.41) is 9.34. The third kappa shape index (κ3) is 2.45. The Hall–Kier alpha value is -2.13. The van der Waals surface area contributed by atoms with E-state index in [-0.39, 0.29) is 6.04 Å². The Bertz CT molecular complexity index is 741. The standard InChI is InChI=1S/C18H21N3/c1-4-13-9-11-14(12-10-13)17(19-2)18-15-7-5-6-8-16(15)21(3)20-18/h5-12,17,19H,4H2,1-3H3. The van der Waals surface area contributed by atoms with Crippen LogP contribution in [0.4, 0.5) is 0 Å². The Morgan fingerprint density at radius 3 is 2.48 bits per heavy atom. The number of hydrogen-bond acceptors (Lipinski definition) is 2. The van der Waals surface area contributed by atoms with Crippen molar-refractivity contribution < 1.29 is 0 Å². The van der Waals surface area contributed by atoms with Crippen LogP contribution in [0.2, 0.25) is 0 Å². The first-order chi connectivity index (χ1) is 10.2. The lowest BCUT2D eigenvalue weighted by Crippen LogP contribution is -2.18. The van der Waals surface area contributed by atoms with Crippen molar-refractivity contribution in [3.63, 3.8) is 0 Å². The van der Waals surface area contributed by atoms with Crippen molar-refractivity contribution >= 4 is 10.9 Å². The number of aromatic nitrogens is 2. The van der Waals surface area contributed by atoms with Crippen molar-refractivity contribution in [1.29, 1.82) is 0 Å². The summed E-state index contributed by atoms with van der Waals surface area (Å²) < 4.78 is 1.95. The molecule has 0 aliphatic rings. The maximum absolute atomic E-state index is 4.73. The van der Waals surface area contributed by atoms with Gasteiger partial charge in [-0.1, -0.05) is 49.4 Å². The first kappa shape index (κ1) is 13.8. The van der Waals surface area contributed by atoms with E-state index in [0.29, 0.717) is 0 Å². The van der Waals surface area contributed by atoms with E-state index in [1.165, 1.54) is 16.5 Å². The van der Waals surface area contributed by atoms with E-state index in [0.717, 1.165) is 17.6 Å². The Balaban J connectivity index is 2.09. The molecule has 3 nitrogen and oxygen atoms in total. The molecule has 21 heavy (non-hydrogen) atoms. The van der Waals surface area contributed by atoms with Gasteiger partial charge in [0.05, 0.1) is 17.3 Å². The van der Waals surface area contributed by atoms with Crippen LogP contribution in [0.1, 0.15) is 29.8 Å². The lowest BCUT2D eigenvalue weighted by atomic mass is 9.99. The number of para-hydroxylation sites is 1. The SMILES string of the molecule is CCc1ccc(C(NC)c2nn(C)c3ccccc23)cc1. The summed E-state index contributed by atoms with van der Waals surface area (Å²) >= 11 is 0. The van der Waals surface area contributed by atoms with E-state index in [4.69, 9.17) is 5.10 Å². The monoisotopic (exact) mass is 279 g/mol. The highest BCUT2D eigenvalue weighted by atomic mass is 15.3. The second-order valence-corrected chi connectivity index (χ2v) is 5.34. The quantitative estimate of drug-likeness (QED) is 0.793. The molecule has 108 valence electrons. The Morgan fingerprint density at radius 1 is 1.10 bits per heavy atom. The maximum Gasteiger partial charge on any atom is 0.0917 e. The number of aryl methyl sites for hydroxylation is 2. The van der Waals surface area contributed by atoms with Gasteiger partial charge in [0.25, 0.3) is 0 Å². The number of nitrogens with one attached hydrogen (secondary N) is 1. The minimum atomic E-state index is 0.113. The van der Waals surface area contributed by atoms with Crippen molar-refractivity contribution in [1.82, 2.24) is 15.1 Å². The minimum absolute atomic E-state index is 0.113. The first-order valence-corrected chi connectivity index (χ1v) is 7.42. The molecule has 0 saturated heterocycles. The van der Waals surface area contributed by atoms with Gasteiger partial charge in [-0.05, 0) is 30.7 Å². The molecule has 1 aromatic heterocycles. The molecule has 3 heteroatoms. The van der Waals surface area contributed by atoms with Gasteiger partial charge in [0.2, 0.25) is 0 Å². The van der Waals surface area contributed by atoms with Crippen molar-refractivity contribution in [2.75, 3.05) is 7.05 Å². The van der Waals surface area contributed by atoms with E-state index in [1.54, 1.807) is 0 Å². The zero-order valence-corrected chi connectivity index (χ0v) is 12.8. The third-order valence-electron chi connectivity index (χ3n) is 4.07. The fourth-order valence-electron chi connectivity index (χ4n) is 2.86. The Kier molecular flexibility index (Phi) is 3.76. The molecular weight excluding hydrogens is 258 g/mol. The van der Waals surface area contributed by atoms with Crippen LogP contribution in [-0.2, 0) is 13.5 Å². The van der Waals surface area contributed by atoms with Crippen molar-refractivity contribution in [2.24, 2.45) is 7.05 Å². The van der Waals surface area contributed by atoms with Gasteiger partial charge in [-0.2, -0.15) is 5.10 Å². The Morgan fingerprint density at radius 2 is 1.81 bits per heavy atom. The number of nitrogens with zero attached hydrogens (tertiary/aromatic N) is 2. The minimum Gasteiger partial charge on any atom is -0.308 e. The van der Waals surface area contributed by atoms with Gasteiger partial charge < -0.3 is 5.32 Å². The van der Waals surface area contributed by atoms with Gasteiger partial charge in [-0.25, -0.2) is 0 Å². The fourth-order valence-corrected chi connectivity index (χ4v) is 2.86. The van der Waals surface area contributed by atoms with Crippen LogP contribution in [0.15, 0.2) is 48.5 Å². The van der Waals surface area contributed by atoms with Gasteiger partial charge in [-0.15, -0.1) is 0 Å². The van der Waals surface area contributed by atoms with E-state index in [9.17, 15) is 0 Å². The van der Waals surface area contributed by atoms with Crippen LogP contribution in [0.3, 0.4) is 0 Å². The molecule has 1 unspecified atom stereocenters. The third-order valence-corrected chi connectivity index (χ3v) is 4.07. The smallest absolute Gasteiger partial charge is 0.0917 e. The Labute approximate surface area is 125 Å². The number of benzene rings is 2. The molecule has 0 bridgehead atoms. The van der Waals surface area contributed by atoms with E-state index < -0.39 is 0 Å². The van der Waals surface area contributed by atoms with Gasteiger partial charge in [0.15, 0.2) is 0 Å². The maximum atomic E-state index is 4.73. The molecule has 2 aromatic carbocycles. The first-order valence-electron chi connectivity index (χ1n) is 7.42. The second-order valence-electron chi connectivity index (χ2n) is 5.34. The summed E-state index contributed by atoms with van der Waals surface area (Å²) in [4.78, 5) is 0. The predicted molar refractivity (Wildman–Crippen MR) is 87.4 cm³/mol. The zero-order chi connectivity index (χ0) is 14.8. The normalized spacial score (nSPS) is 12.7. The summed E-state index contributed by atoms with van der Waals surface area (Å²) in [5.41, 5.74) is 4.86. The zero-order valence-electron chi connectivity index (χ0n) is 12.8. The molecule has 3 rings (SSSR count). The average Bonchev–Trinajstić information content (AvgIpc) is 2.86. The van der Waals surface area contributed by atoms with Crippen LogP contribution < -0.4 is 5.32 Å². The number of fused-ring (bicyclic) bond motifs is 1. The molecule has 1 heterocycles. The fraction of sp³-hybridized carbons (Fsp3) is 0.278. The van der Waals surface area contributed by atoms with Gasteiger partial charge in [-0.3, -0.25) is 4.68 Å². The summed E-state index contributed by atoms with van der Waals surface area (Å²) in [6.45, 7) is 2.18. The van der Waals surface area contributed by atoms with Crippen molar-refractivity contribution in [3.05, 3.63) is 65.4 Å². The van der Waals surface area contributed by atoms with Crippen molar-refractivity contribution in [2.45, 2.75) is 19.4 Å². The highest BCUT2D eigenvalue weighted by molar-refractivity contribution is 5.82. The molecule has 0 aliphatic carbocycles. The molecular formula is C18H21N3. The van der Waals surface area contributed by atoms with E-state index in [1.807, 2.05) is 18.8 Å². The number of rotatable bonds is 4. The highest BCUT2D eigenvalue weighted by Crippen LogP contribution is 2.28. The van der Waals surface area contributed by atoms with Crippen LogP contribution >= 0.6 is 0 Å². The molecule has 0 saturated carbocycles. The summed E-state index contributed by atoms with van der Waals surface area (Å²) in [6, 6.07) is 17.3. The highest BCUT2D eigenvalue weighted by Gasteiger charge is 2.19. The van der Waals surface area contributed by atoms with Gasteiger partial charge in [0.1, 0.15) is 0 Å². The van der Waals surface area contributed by atoms with E-state index >= 15 is 0 Å². The average molecular weight is 279 g/mol. The second kappa shape index (κ2) is 5.70. The van der Waals surface area contributed by atoms with Crippen LogP contribution in [0, 0.1) is 0 Å².